The molecule has 0 bridgehead atoms. The number of hydrogen-bond acceptors (Lipinski definition) is 5. The zero-order valence-corrected chi connectivity index (χ0v) is 13.6. The number of nitrogens with one attached hydrogen (secondary N) is 1. The Morgan fingerprint density at radius 3 is 2.75 bits per heavy atom. The molecule has 24 heavy (non-hydrogen) atoms. The summed E-state index contributed by atoms with van der Waals surface area (Å²) in [4.78, 5) is 29.4. The van der Waals surface area contributed by atoms with Crippen molar-refractivity contribution in [2.45, 2.75) is 6.42 Å². The van der Waals surface area contributed by atoms with Crippen LogP contribution in [0.1, 0.15) is 12.0 Å². The fourth-order valence-corrected chi connectivity index (χ4v) is 3.20. The predicted molar refractivity (Wildman–Crippen MR) is 89.5 cm³/mol. The van der Waals surface area contributed by atoms with Crippen molar-refractivity contribution in [2.75, 3.05) is 50.7 Å². The molecule has 0 saturated carbocycles. The highest BCUT2D eigenvalue weighted by Gasteiger charge is 2.28. The standard InChI is InChI=1S/C17H21N5O2/c18-12-14-4-1-2-5-15(14)21-8-3-7-20(10-11-21)13-16(23)22-9-6-19-17(22)24/h1-2,4-5H,3,6-11,13H2,(H,19,24). The summed E-state index contributed by atoms with van der Waals surface area (Å²) in [6, 6.07) is 9.54. The molecule has 126 valence electrons. The summed E-state index contributed by atoms with van der Waals surface area (Å²) in [5.41, 5.74) is 1.63. The molecule has 0 aromatic heterocycles. The van der Waals surface area contributed by atoms with E-state index in [0.29, 0.717) is 18.7 Å². The first-order valence-corrected chi connectivity index (χ1v) is 8.23. The SMILES string of the molecule is N#Cc1ccccc1N1CCCN(CC(=O)N2CCNC2=O)CC1. The average Bonchev–Trinajstić information content (AvgIpc) is 2.90. The zero-order chi connectivity index (χ0) is 16.9. The Labute approximate surface area is 141 Å². The summed E-state index contributed by atoms with van der Waals surface area (Å²) in [6.45, 7) is 4.41. The van der Waals surface area contributed by atoms with Crippen molar-refractivity contribution in [3.8, 4) is 6.07 Å². The minimum absolute atomic E-state index is 0.143. The Balaban J connectivity index is 1.60. The minimum Gasteiger partial charge on any atom is -0.369 e. The maximum atomic E-state index is 12.3. The van der Waals surface area contributed by atoms with Gasteiger partial charge in [-0.1, -0.05) is 12.1 Å². The summed E-state index contributed by atoms with van der Waals surface area (Å²) < 4.78 is 0. The lowest BCUT2D eigenvalue weighted by molar-refractivity contribution is -0.128. The topological polar surface area (TPSA) is 79.7 Å². The van der Waals surface area contributed by atoms with Crippen LogP contribution in [0.3, 0.4) is 0 Å². The van der Waals surface area contributed by atoms with Crippen LogP contribution in [-0.2, 0) is 4.79 Å². The number of anilines is 1. The first-order valence-electron chi connectivity index (χ1n) is 8.23. The van der Waals surface area contributed by atoms with Gasteiger partial charge in [-0.2, -0.15) is 5.26 Å². The normalized spacial score (nSPS) is 18.9. The van der Waals surface area contributed by atoms with E-state index in [2.05, 4.69) is 21.2 Å². The first-order chi connectivity index (χ1) is 11.7. The third-order valence-corrected chi connectivity index (χ3v) is 4.47. The van der Waals surface area contributed by atoms with Crippen molar-refractivity contribution in [3.63, 3.8) is 0 Å². The number of carbonyl (C=O) groups excluding carboxylic acids is 2. The van der Waals surface area contributed by atoms with E-state index in [0.717, 1.165) is 38.3 Å². The van der Waals surface area contributed by atoms with Gasteiger partial charge in [0.05, 0.1) is 17.8 Å². The van der Waals surface area contributed by atoms with E-state index >= 15 is 0 Å². The molecule has 2 saturated heterocycles. The second kappa shape index (κ2) is 7.32. The van der Waals surface area contributed by atoms with E-state index in [4.69, 9.17) is 0 Å². The number of hydrogen-bond donors (Lipinski definition) is 1. The molecule has 2 aliphatic rings. The fourth-order valence-electron chi connectivity index (χ4n) is 3.20. The van der Waals surface area contributed by atoms with Crippen molar-refractivity contribution < 1.29 is 9.59 Å². The van der Waals surface area contributed by atoms with Gasteiger partial charge in [0.1, 0.15) is 6.07 Å². The molecule has 7 nitrogen and oxygen atoms in total. The van der Waals surface area contributed by atoms with Crippen LogP contribution >= 0.6 is 0 Å². The Morgan fingerprint density at radius 1 is 1.17 bits per heavy atom. The number of imide groups is 1. The average molecular weight is 327 g/mol. The van der Waals surface area contributed by atoms with Crippen LogP contribution in [0.5, 0.6) is 0 Å². The molecule has 3 amide bonds. The molecule has 0 atom stereocenters. The first kappa shape index (κ1) is 16.3. The fraction of sp³-hybridized carbons (Fsp3) is 0.471. The highest BCUT2D eigenvalue weighted by atomic mass is 16.2. The molecule has 2 fully saturated rings. The third-order valence-electron chi connectivity index (χ3n) is 4.47. The number of rotatable bonds is 3. The van der Waals surface area contributed by atoms with Crippen LogP contribution in [0.15, 0.2) is 24.3 Å². The lowest BCUT2D eigenvalue weighted by atomic mass is 10.1. The molecule has 7 heteroatoms. The Morgan fingerprint density at radius 2 is 2.00 bits per heavy atom. The number of benzene rings is 1. The molecule has 3 rings (SSSR count). The Hall–Kier alpha value is -2.59. The summed E-state index contributed by atoms with van der Waals surface area (Å²) in [5, 5.41) is 11.9. The smallest absolute Gasteiger partial charge is 0.324 e. The lowest BCUT2D eigenvalue weighted by Crippen LogP contribution is -2.43. The van der Waals surface area contributed by atoms with Gasteiger partial charge < -0.3 is 10.2 Å². The van der Waals surface area contributed by atoms with Crippen LogP contribution in [0, 0.1) is 11.3 Å². The van der Waals surface area contributed by atoms with Crippen molar-refractivity contribution >= 4 is 17.6 Å². The number of urea groups is 1. The Kier molecular flexibility index (Phi) is 4.96. The number of para-hydroxylation sites is 1. The van der Waals surface area contributed by atoms with Crippen molar-refractivity contribution in [2.24, 2.45) is 0 Å². The predicted octanol–water partition coefficient (Wildman–Crippen LogP) is 0.622. The van der Waals surface area contributed by atoms with Crippen molar-refractivity contribution in [3.05, 3.63) is 29.8 Å². The van der Waals surface area contributed by atoms with Gasteiger partial charge in [0.25, 0.3) is 0 Å². The van der Waals surface area contributed by atoms with Crippen molar-refractivity contribution in [1.82, 2.24) is 15.1 Å². The highest BCUT2D eigenvalue weighted by Crippen LogP contribution is 2.21. The highest BCUT2D eigenvalue weighted by molar-refractivity contribution is 5.96. The summed E-state index contributed by atoms with van der Waals surface area (Å²) in [7, 11) is 0. The maximum Gasteiger partial charge on any atom is 0.324 e. The maximum absolute atomic E-state index is 12.3. The van der Waals surface area contributed by atoms with E-state index in [-0.39, 0.29) is 18.5 Å². The van der Waals surface area contributed by atoms with Gasteiger partial charge in [-0.15, -0.1) is 0 Å². The van der Waals surface area contributed by atoms with E-state index < -0.39 is 0 Å². The van der Waals surface area contributed by atoms with E-state index in [1.807, 2.05) is 24.3 Å². The molecule has 0 spiro atoms. The molecular weight excluding hydrogens is 306 g/mol. The van der Waals surface area contributed by atoms with Crippen molar-refractivity contribution in [1.29, 1.82) is 5.26 Å². The lowest BCUT2D eigenvalue weighted by Gasteiger charge is -2.24. The number of nitrogens with zero attached hydrogens (tertiary/aromatic N) is 4. The van der Waals surface area contributed by atoms with Gasteiger partial charge in [-0.3, -0.25) is 14.6 Å². The van der Waals surface area contributed by atoms with Crippen LogP contribution in [0.4, 0.5) is 10.5 Å². The summed E-state index contributed by atoms with van der Waals surface area (Å²) >= 11 is 0. The molecule has 2 heterocycles. The minimum atomic E-state index is -0.292. The number of amides is 3. The molecule has 1 N–H and O–H groups in total. The molecular formula is C17H21N5O2. The molecule has 0 aliphatic carbocycles. The van der Waals surface area contributed by atoms with Gasteiger partial charge in [0, 0.05) is 39.3 Å². The zero-order valence-electron chi connectivity index (χ0n) is 13.6. The van der Waals surface area contributed by atoms with Gasteiger partial charge in [0.2, 0.25) is 5.91 Å². The van der Waals surface area contributed by atoms with Gasteiger partial charge in [-0.05, 0) is 18.6 Å². The van der Waals surface area contributed by atoms with Gasteiger partial charge in [0.15, 0.2) is 0 Å². The van der Waals surface area contributed by atoms with E-state index in [1.165, 1.54) is 4.90 Å². The Bertz CT molecular complexity index is 669. The van der Waals surface area contributed by atoms with E-state index in [1.54, 1.807) is 0 Å². The second-order valence-electron chi connectivity index (χ2n) is 6.02. The number of nitriles is 1. The second-order valence-corrected chi connectivity index (χ2v) is 6.02. The third kappa shape index (κ3) is 3.49. The van der Waals surface area contributed by atoms with Gasteiger partial charge >= 0.3 is 6.03 Å². The summed E-state index contributed by atoms with van der Waals surface area (Å²) in [5.74, 6) is -0.143. The van der Waals surface area contributed by atoms with Crippen LogP contribution in [-0.4, -0.2) is 67.6 Å². The number of carbonyl (C=O) groups is 2. The van der Waals surface area contributed by atoms with Crippen LogP contribution in [0.25, 0.3) is 0 Å². The van der Waals surface area contributed by atoms with Crippen LogP contribution < -0.4 is 10.2 Å². The molecule has 2 aliphatic heterocycles. The van der Waals surface area contributed by atoms with Crippen LogP contribution in [0.2, 0.25) is 0 Å². The van der Waals surface area contributed by atoms with E-state index in [9.17, 15) is 14.9 Å². The van der Waals surface area contributed by atoms with Gasteiger partial charge in [-0.25, -0.2) is 4.79 Å². The monoisotopic (exact) mass is 327 g/mol. The molecule has 1 aromatic carbocycles. The quantitative estimate of drug-likeness (QED) is 0.880. The summed E-state index contributed by atoms with van der Waals surface area (Å²) in [6.07, 6.45) is 0.916. The molecule has 0 radical (unpaired) electrons. The molecule has 1 aromatic rings. The largest absolute Gasteiger partial charge is 0.369 e. The molecule has 0 unspecified atom stereocenters.